The van der Waals surface area contributed by atoms with Crippen LogP contribution in [-0.2, 0) is 14.3 Å². The van der Waals surface area contributed by atoms with Crippen LogP contribution < -0.4 is 5.73 Å². The van der Waals surface area contributed by atoms with Crippen LogP contribution in [0.1, 0.15) is 13.3 Å². The van der Waals surface area contributed by atoms with E-state index in [4.69, 9.17) is 15.2 Å². The highest BCUT2D eigenvalue weighted by atomic mass is 16.5. The van der Waals surface area contributed by atoms with Crippen LogP contribution >= 0.6 is 0 Å². The van der Waals surface area contributed by atoms with Crippen molar-refractivity contribution in [2.24, 2.45) is 11.1 Å². The fourth-order valence-corrected chi connectivity index (χ4v) is 1.20. The van der Waals surface area contributed by atoms with Crippen molar-refractivity contribution in [3.05, 3.63) is 0 Å². The standard InChI is InChI=1S/C8H15NO3/c1-2-12-7(10)3-8(4-9)5-11-6-8/h2-6,9H2,1H3. The zero-order valence-corrected chi connectivity index (χ0v) is 7.34. The summed E-state index contributed by atoms with van der Waals surface area (Å²) in [6, 6.07) is 0. The predicted molar refractivity (Wildman–Crippen MR) is 43.6 cm³/mol. The first-order valence-corrected chi connectivity index (χ1v) is 4.16. The monoisotopic (exact) mass is 173 g/mol. The van der Waals surface area contributed by atoms with Crippen LogP contribution in [0.15, 0.2) is 0 Å². The zero-order chi connectivity index (χ0) is 9.03. The molecule has 4 heteroatoms. The summed E-state index contributed by atoms with van der Waals surface area (Å²) in [4.78, 5) is 11.1. The highest BCUT2D eigenvalue weighted by Crippen LogP contribution is 2.30. The Balaban J connectivity index is 2.32. The van der Waals surface area contributed by atoms with Gasteiger partial charge in [0.1, 0.15) is 0 Å². The molecule has 0 saturated carbocycles. The van der Waals surface area contributed by atoms with E-state index in [9.17, 15) is 4.79 Å². The molecule has 0 aromatic rings. The van der Waals surface area contributed by atoms with Gasteiger partial charge in [0.25, 0.3) is 0 Å². The molecular weight excluding hydrogens is 158 g/mol. The highest BCUT2D eigenvalue weighted by Gasteiger charge is 2.39. The maximum atomic E-state index is 11.1. The van der Waals surface area contributed by atoms with Crippen LogP contribution in [0.2, 0.25) is 0 Å². The van der Waals surface area contributed by atoms with Crippen molar-refractivity contribution in [3.63, 3.8) is 0 Å². The number of ether oxygens (including phenoxy) is 2. The molecule has 1 aliphatic heterocycles. The normalized spacial score (nSPS) is 19.8. The molecule has 2 N–H and O–H groups in total. The molecule has 70 valence electrons. The third kappa shape index (κ3) is 1.95. The van der Waals surface area contributed by atoms with Crippen molar-refractivity contribution >= 4 is 5.97 Å². The van der Waals surface area contributed by atoms with Crippen LogP contribution in [0.5, 0.6) is 0 Å². The van der Waals surface area contributed by atoms with Crippen LogP contribution in [0.4, 0.5) is 0 Å². The SMILES string of the molecule is CCOC(=O)CC1(CN)COC1. The summed E-state index contributed by atoms with van der Waals surface area (Å²) in [6.07, 6.45) is 0.386. The lowest BCUT2D eigenvalue weighted by molar-refractivity contribution is -0.159. The summed E-state index contributed by atoms with van der Waals surface area (Å²) in [6.45, 7) is 3.89. The summed E-state index contributed by atoms with van der Waals surface area (Å²) in [5.74, 6) is -0.175. The van der Waals surface area contributed by atoms with Crippen molar-refractivity contribution in [2.45, 2.75) is 13.3 Å². The van der Waals surface area contributed by atoms with Crippen LogP contribution in [0.25, 0.3) is 0 Å². The molecule has 0 amide bonds. The first kappa shape index (κ1) is 9.48. The third-order valence-electron chi connectivity index (χ3n) is 2.07. The molecule has 1 fully saturated rings. The van der Waals surface area contributed by atoms with E-state index < -0.39 is 0 Å². The molecule has 1 heterocycles. The van der Waals surface area contributed by atoms with Gasteiger partial charge in [0.2, 0.25) is 0 Å². The number of hydrogen-bond acceptors (Lipinski definition) is 4. The Bertz CT molecular complexity index is 160. The summed E-state index contributed by atoms with van der Waals surface area (Å²) in [7, 11) is 0. The van der Waals surface area contributed by atoms with Crippen molar-refractivity contribution in [1.82, 2.24) is 0 Å². The molecule has 0 radical (unpaired) electrons. The molecule has 0 unspecified atom stereocenters. The lowest BCUT2D eigenvalue weighted by atomic mass is 9.83. The fraction of sp³-hybridized carbons (Fsp3) is 0.875. The van der Waals surface area contributed by atoms with E-state index in [2.05, 4.69) is 0 Å². The van der Waals surface area contributed by atoms with Gasteiger partial charge in [-0.3, -0.25) is 4.79 Å². The number of carbonyl (C=O) groups is 1. The third-order valence-corrected chi connectivity index (χ3v) is 2.07. The van der Waals surface area contributed by atoms with Gasteiger partial charge in [0.15, 0.2) is 0 Å². The van der Waals surface area contributed by atoms with Gasteiger partial charge in [-0.15, -0.1) is 0 Å². The van der Waals surface area contributed by atoms with Gasteiger partial charge >= 0.3 is 5.97 Å². The van der Waals surface area contributed by atoms with E-state index >= 15 is 0 Å². The average molecular weight is 173 g/mol. The van der Waals surface area contributed by atoms with E-state index in [1.165, 1.54) is 0 Å². The van der Waals surface area contributed by atoms with Crippen LogP contribution in [0.3, 0.4) is 0 Å². The molecule has 0 spiro atoms. The van der Waals surface area contributed by atoms with E-state index in [1.54, 1.807) is 6.92 Å². The van der Waals surface area contributed by atoms with E-state index in [0.717, 1.165) is 0 Å². The predicted octanol–water partition coefficient (Wildman–Crippen LogP) is -0.0851. The Kier molecular flexibility index (Phi) is 3.05. The Hall–Kier alpha value is -0.610. The van der Waals surface area contributed by atoms with Gasteiger partial charge in [-0.25, -0.2) is 0 Å². The van der Waals surface area contributed by atoms with Crippen molar-refractivity contribution in [2.75, 3.05) is 26.4 Å². The molecule has 0 aromatic carbocycles. The van der Waals surface area contributed by atoms with Gasteiger partial charge in [0.05, 0.1) is 26.2 Å². The Morgan fingerprint density at radius 3 is 2.67 bits per heavy atom. The summed E-state index contributed by atoms with van der Waals surface area (Å²) >= 11 is 0. The smallest absolute Gasteiger partial charge is 0.306 e. The molecule has 1 saturated heterocycles. The molecule has 4 nitrogen and oxygen atoms in total. The molecule has 0 aromatic heterocycles. The molecule has 12 heavy (non-hydrogen) atoms. The summed E-state index contributed by atoms with van der Waals surface area (Å²) in [5.41, 5.74) is 5.39. The van der Waals surface area contributed by atoms with E-state index in [1.807, 2.05) is 0 Å². The Morgan fingerprint density at radius 1 is 1.67 bits per heavy atom. The summed E-state index contributed by atoms with van der Waals surface area (Å²) < 4.78 is 9.85. The maximum absolute atomic E-state index is 11.1. The topological polar surface area (TPSA) is 61.5 Å². The number of nitrogens with two attached hydrogens (primary N) is 1. The first-order chi connectivity index (χ1) is 5.72. The number of rotatable bonds is 4. The van der Waals surface area contributed by atoms with Crippen molar-refractivity contribution < 1.29 is 14.3 Å². The molecule has 1 aliphatic rings. The number of esters is 1. The second-order valence-electron chi connectivity index (χ2n) is 3.18. The summed E-state index contributed by atoms with van der Waals surface area (Å²) in [5, 5.41) is 0. The van der Waals surface area contributed by atoms with Gasteiger partial charge in [-0.1, -0.05) is 0 Å². The van der Waals surface area contributed by atoms with E-state index in [0.29, 0.717) is 32.8 Å². The molecular formula is C8H15NO3. The van der Waals surface area contributed by atoms with Gasteiger partial charge in [-0.2, -0.15) is 0 Å². The van der Waals surface area contributed by atoms with Gasteiger partial charge in [-0.05, 0) is 6.92 Å². The lowest BCUT2D eigenvalue weighted by Crippen LogP contribution is -2.49. The Morgan fingerprint density at radius 2 is 2.33 bits per heavy atom. The van der Waals surface area contributed by atoms with Crippen LogP contribution in [0, 0.1) is 5.41 Å². The molecule has 0 atom stereocenters. The second kappa shape index (κ2) is 3.87. The van der Waals surface area contributed by atoms with Crippen molar-refractivity contribution in [3.8, 4) is 0 Å². The minimum Gasteiger partial charge on any atom is -0.466 e. The minimum atomic E-state index is -0.175. The van der Waals surface area contributed by atoms with Gasteiger partial charge < -0.3 is 15.2 Å². The second-order valence-corrected chi connectivity index (χ2v) is 3.18. The fourth-order valence-electron chi connectivity index (χ4n) is 1.20. The van der Waals surface area contributed by atoms with Gasteiger partial charge in [0, 0.05) is 12.0 Å². The Labute approximate surface area is 72.0 Å². The zero-order valence-electron chi connectivity index (χ0n) is 7.34. The lowest BCUT2D eigenvalue weighted by Gasteiger charge is -2.39. The first-order valence-electron chi connectivity index (χ1n) is 4.16. The highest BCUT2D eigenvalue weighted by molar-refractivity contribution is 5.70. The molecule has 1 rings (SSSR count). The minimum absolute atomic E-state index is 0.133. The van der Waals surface area contributed by atoms with Crippen molar-refractivity contribution in [1.29, 1.82) is 0 Å². The molecule has 0 bridgehead atoms. The average Bonchev–Trinajstić information content (AvgIpc) is 1.97. The van der Waals surface area contributed by atoms with Crippen LogP contribution in [-0.4, -0.2) is 32.3 Å². The van der Waals surface area contributed by atoms with E-state index in [-0.39, 0.29) is 11.4 Å². The maximum Gasteiger partial charge on any atom is 0.306 e. The quantitative estimate of drug-likeness (QED) is 0.604. The molecule has 0 aliphatic carbocycles. The largest absolute Gasteiger partial charge is 0.466 e. The number of carbonyl (C=O) groups excluding carboxylic acids is 1. The number of hydrogen-bond donors (Lipinski definition) is 1.